The van der Waals surface area contributed by atoms with E-state index in [1.54, 1.807) is 6.07 Å². The summed E-state index contributed by atoms with van der Waals surface area (Å²) >= 11 is 6.11. The minimum atomic E-state index is 0.0787. The van der Waals surface area contributed by atoms with Gasteiger partial charge in [0.05, 0.1) is 10.6 Å². The Morgan fingerprint density at radius 2 is 0.819 bits per heavy atom. The number of halogens is 1. The zero-order chi connectivity index (χ0) is 51.5. The summed E-state index contributed by atoms with van der Waals surface area (Å²) in [4.78, 5) is 58.2. The maximum absolute atomic E-state index is 12.7. The fourth-order valence-corrected chi connectivity index (χ4v) is 11.2. The average Bonchev–Trinajstić information content (AvgIpc) is 3.44. The van der Waals surface area contributed by atoms with Crippen LogP contribution in [0.2, 0.25) is 5.02 Å². The Morgan fingerprint density at radius 3 is 1.25 bits per heavy atom. The number of unbranched alkanes of at least 4 members (excludes halogenated alkanes) is 1. The van der Waals surface area contributed by atoms with Crippen LogP contribution in [0.15, 0.2) is 109 Å². The number of carbonyl (C=O) groups is 4. The molecule has 0 saturated heterocycles. The lowest BCUT2D eigenvalue weighted by atomic mass is 9.93. The summed E-state index contributed by atoms with van der Waals surface area (Å²) in [6.45, 7) is 11.0. The van der Waals surface area contributed by atoms with Gasteiger partial charge in [0.2, 0.25) is 0 Å². The van der Waals surface area contributed by atoms with Crippen LogP contribution in [0.4, 0.5) is 0 Å². The summed E-state index contributed by atoms with van der Waals surface area (Å²) in [5.74, 6) is 0.678. The SMILES string of the molecule is CCCCN(C(=O)c1ccccc1)C1CCCCC1.CCCN(C(=O)c1ccc(C)cc1)C1CCCCC1.CCN(C(=O)c1ccccc1Cl)C1CCCCC1.CN(C(=O)c1ccccc1)C1CCCCC1. The van der Waals surface area contributed by atoms with E-state index in [2.05, 4.69) is 30.6 Å². The Bertz CT molecular complexity index is 2160. The summed E-state index contributed by atoms with van der Waals surface area (Å²) < 4.78 is 0. The van der Waals surface area contributed by atoms with Crippen molar-refractivity contribution >= 4 is 35.2 Å². The molecule has 9 heteroatoms. The summed E-state index contributed by atoms with van der Waals surface area (Å²) in [7, 11) is 1.94. The van der Waals surface area contributed by atoms with E-state index in [1.807, 2.05) is 127 Å². The van der Waals surface area contributed by atoms with Gasteiger partial charge < -0.3 is 19.6 Å². The van der Waals surface area contributed by atoms with Crippen LogP contribution >= 0.6 is 11.6 Å². The number of benzene rings is 4. The average molecular weight is 1000 g/mol. The second kappa shape index (κ2) is 32.3. The van der Waals surface area contributed by atoms with Crippen molar-refractivity contribution < 1.29 is 19.2 Å². The molecular formula is C63H89ClN4O4. The largest absolute Gasteiger partial charge is 0.339 e. The Hall–Kier alpha value is -4.95. The van der Waals surface area contributed by atoms with Gasteiger partial charge in [0.15, 0.2) is 0 Å². The Morgan fingerprint density at radius 1 is 0.431 bits per heavy atom. The molecule has 4 fully saturated rings. The third-order valence-corrected chi connectivity index (χ3v) is 15.6. The first-order valence-corrected chi connectivity index (χ1v) is 28.6. The highest BCUT2D eigenvalue weighted by molar-refractivity contribution is 6.33. The smallest absolute Gasteiger partial charge is 0.255 e. The van der Waals surface area contributed by atoms with Gasteiger partial charge in [-0.05, 0) is 127 Å². The molecule has 72 heavy (non-hydrogen) atoms. The van der Waals surface area contributed by atoms with Gasteiger partial charge in [0, 0.05) is 67.5 Å². The van der Waals surface area contributed by atoms with Gasteiger partial charge in [0.25, 0.3) is 23.6 Å². The van der Waals surface area contributed by atoms with Gasteiger partial charge in [0.1, 0.15) is 0 Å². The Labute approximate surface area is 440 Å². The van der Waals surface area contributed by atoms with Crippen molar-refractivity contribution in [2.24, 2.45) is 0 Å². The molecule has 0 bridgehead atoms. The van der Waals surface area contributed by atoms with E-state index in [1.165, 1.54) is 108 Å². The highest BCUT2D eigenvalue weighted by Gasteiger charge is 2.29. The van der Waals surface area contributed by atoms with Gasteiger partial charge in [-0.15, -0.1) is 0 Å². The lowest BCUT2D eigenvalue weighted by molar-refractivity contribution is 0.0624. The zero-order valence-electron chi connectivity index (χ0n) is 44.9. The van der Waals surface area contributed by atoms with Crippen LogP contribution in [0, 0.1) is 6.92 Å². The van der Waals surface area contributed by atoms with Crippen molar-refractivity contribution in [2.75, 3.05) is 26.7 Å². The van der Waals surface area contributed by atoms with E-state index in [9.17, 15) is 19.2 Å². The first-order valence-electron chi connectivity index (χ1n) is 28.2. The van der Waals surface area contributed by atoms with Crippen molar-refractivity contribution in [1.82, 2.24) is 19.6 Å². The lowest BCUT2D eigenvalue weighted by Crippen LogP contribution is -2.42. The quantitative estimate of drug-likeness (QED) is 0.126. The fraction of sp³-hybridized carbons (Fsp3) is 0.556. The number of aryl methyl sites for hydroxylation is 1. The highest BCUT2D eigenvalue weighted by Crippen LogP contribution is 2.28. The molecule has 0 aromatic heterocycles. The van der Waals surface area contributed by atoms with Crippen molar-refractivity contribution in [1.29, 1.82) is 0 Å². The molecular weight excluding hydrogens is 912 g/mol. The number of nitrogens with zero attached hydrogens (tertiary/aromatic N) is 4. The van der Waals surface area contributed by atoms with Gasteiger partial charge in [-0.3, -0.25) is 19.2 Å². The summed E-state index contributed by atoms with van der Waals surface area (Å²) in [5, 5.41) is 0.553. The van der Waals surface area contributed by atoms with Crippen LogP contribution in [0.25, 0.3) is 0 Å². The monoisotopic (exact) mass is 1000 g/mol. The molecule has 0 radical (unpaired) electrons. The van der Waals surface area contributed by atoms with Gasteiger partial charge >= 0.3 is 0 Å². The molecule has 0 N–H and O–H groups in total. The number of hydrogen-bond donors (Lipinski definition) is 0. The van der Waals surface area contributed by atoms with Gasteiger partial charge in [-0.1, -0.05) is 175 Å². The molecule has 4 saturated carbocycles. The third-order valence-electron chi connectivity index (χ3n) is 15.3. The first kappa shape index (κ1) is 57.9. The number of hydrogen-bond acceptors (Lipinski definition) is 4. The van der Waals surface area contributed by atoms with Crippen LogP contribution in [0.1, 0.15) is 215 Å². The van der Waals surface area contributed by atoms with E-state index in [0.717, 1.165) is 81.3 Å². The van der Waals surface area contributed by atoms with Crippen molar-refractivity contribution in [2.45, 2.75) is 200 Å². The van der Waals surface area contributed by atoms with Crippen molar-refractivity contribution in [3.63, 3.8) is 0 Å². The maximum atomic E-state index is 12.7. The van der Waals surface area contributed by atoms with Gasteiger partial charge in [-0.25, -0.2) is 0 Å². The van der Waals surface area contributed by atoms with Crippen LogP contribution in [-0.2, 0) is 0 Å². The van der Waals surface area contributed by atoms with Crippen molar-refractivity contribution in [3.05, 3.63) is 142 Å². The molecule has 0 aliphatic heterocycles. The highest BCUT2D eigenvalue weighted by atomic mass is 35.5. The summed E-state index contributed by atoms with van der Waals surface area (Å²) in [6, 6.07) is 36.4. The zero-order valence-corrected chi connectivity index (χ0v) is 45.6. The predicted octanol–water partition coefficient (Wildman–Crippen LogP) is 15.7. The molecule has 4 amide bonds. The van der Waals surface area contributed by atoms with E-state index < -0.39 is 0 Å². The van der Waals surface area contributed by atoms with E-state index in [0.29, 0.717) is 34.8 Å². The molecule has 8 nitrogen and oxygen atoms in total. The third kappa shape index (κ3) is 18.2. The first-order chi connectivity index (χ1) is 35.1. The van der Waals surface area contributed by atoms with Crippen LogP contribution in [0.3, 0.4) is 0 Å². The number of amides is 4. The second-order valence-electron chi connectivity index (χ2n) is 20.6. The van der Waals surface area contributed by atoms with Crippen molar-refractivity contribution in [3.8, 4) is 0 Å². The maximum Gasteiger partial charge on any atom is 0.255 e. The molecule has 0 atom stereocenters. The van der Waals surface area contributed by atoms with Gasteiger partial charge in [-0.2, -0.15) is 0 Å². The van der Waals surface area contributed by atoms with Crippen LogP contribution in [-0.4, -0.2) is 94.1 Å². The molecule has 4 aliphatic carbocycles. The molecule has 0 heterocycles. The van der Waals surface area contributed by atoms with E-state index in [4.69, 9.17) is 11.6 Å². The fourth-order valence-electron chi connectivity index (χ4n) is 11.0. The normalized spacial score (nSPS) is 16.5. The molecule has 8 rings (SSSR count). The molecule has 0 spiro atoms. The topological polar surface area (TPSA) is 81.2 Å². The molecule has 4 aliphatic rings. The van der Waals surface area contributed by atoms with Crippen LogP contribution in [0.5, 0.6) is 0 Å². The lowest BCUT2D eigenvalue weighted by Gasteiger charge is -2.34. The Balaban J connectivity index is 0.000000179. The minimum Gasteiger partial charge on any atom is -0.339 e. The predicted molar refractivity (Wildman–Crippen MR) is 299 cm³/mol. The summed E-state index contributed by atoms with van der Waals surface area (Å²) in [5.41, 5.74) is 4.31. The number of rotatable bonds is 14. The Kier molecular flexibility index (Phi) is 26.0. The molecule has 4 aromatic carbocycles. The molecule has 4 aromatic rings. The molecule has 392 valence electrons. The standard InChI is InChI=1S/2C17H25NO.C15H20ClNO.C14H19NO/c1-3-13-18(16-7-5-4-6-8-16)17(19)15-11-9-14(2)10-12-15;1-2-3-14-18(16-12-8-5-9-13-16)17(19)15-10-6-4-7-11-15;1-2-17(12-8-4-3-5-9-12)15(18)13-10-6-7-11-14(13)16;1-15(13-10-6-3-7-11-13)14(16)12-8-4-2-5-9-12/h9-12,16H,3-8,13H2,1-2H3;4,6-7,10-11,16H,2-3,5,8-9,12-14H2,1H3;6-7,10-12H,2-5,8-9H2,1H3;2,4-5,8-9,13H,3,6-7,10-11H2,1H3. The van der Waals surface area contributed by atoms with E-state index in [-0.39, 0.29) is 23.6 Å². The summed E-state index contributed by atoms with van der Waals surface area (Å²) in [6.07, 6.45) is 27.9. The second-order valence-corrected chi connectivity index (χ2v) is 21.0. The minimum absolute atomic E-state index is 0.0787. The molecule has 0 unspecified atom stereocenters. The number of carbonyl (C=O) groups excluding carboxylic acids is 4. The van der Waals surface area contributed by atoms with E-state index >= 15 is 0 Å². The van der Waals surface area contributed by atoms with Crippen LogP contribution < -0.4 is 0 Å².